The number of rotatable bonds is 4. The summed E-state index contributed by atoms with van der Waals surface area (Å²) in [5, 5.41) is 5.45. The monoisotopic (exact) mass is 269 g/mol. The van der Waals surface area contributed by atoms with Crippen molar-refractivity contribution in [2.24, 2.45) is 17.1 Å². The maximum absolute atomic E-state index is 12.3. The number of carbonyl (C=O) groups excluding carboxylic acids is 2. The first kappa shape index (κ1) is 16.0. The molecule has 0 spiro atoms. The minimum Gasteiger partial charge on any atom is -0.359 e. The average molecular weight is 269 g/mol. The van der Waals surface area contributed by atoms with E-state index in [-0.39, 0.29) is 11.8 Å². The van der Waals surface area contributed by atoms with Crippen LogP contribution in [0.2, 0.25) is 0 Å². The molecule has 1 aliphatic rings. The summed E-state index contributed by atoms with van der Waals surface area (Å²) in [4.78, 5) is 23.9. The summed E-state index contributed by atoms with van der Waals surface area (Å²) in [5.74, 6) is 0.267. The van der Waals surface area contributed by atoms with Crippen LogP contribution in [0.1, 0.15) is 46.5 Å². The van der Waals surface area contributed by atoms with Crippen LogP contribution in [-0.2, 0) is 9.59 Å². The van der Waals surface area contributed by atoms with Crippen LogP contribution < -0.4 is 16.4 Å². The minimum atomic E-state index is -0.767. The molecular weight excluding hydrogens is 242 g/mol. The first-order chi connectivity index (χ1) is 8.71. The van der Waals surface area contributed by atoms with E-state index in [0.717, 1.165) is 25.7 Å². The predicted octanol–water partition coefficient (Wildman–Crippen LogP) is 0.782. The second kappa shape index (κ2) is 5.90. The van der Waals surface area contributed by atoms with E-state index in [1.165, 1.54) is 0 Å². The van der Waals surface area contributed by atoms with Crippen molar-refractivity contribution in [1.29, 1.82) is 0 Å². The van der Waals surface area contributed by atoms with Crippen molar-refractivity contribution in [3.05, 3.63) is 0 Å². The highest BCUT2D eigenvalue weighted by molar-refractivity contribution is 5.87. The van der Waals surface area contributed by atoms with Crippen molar-refractivity contribution in [2.45, 2.75) is 52.0 Å². The second-order valence-corrected chi connectivity index (χ2v) is 6.50. The molecule has 19 heavy (non-hydrogen) atoms. The standard InChI is InChI=1S/C14H27N3O2/c1-10-6-5-7-14(15,8-10)12(19)17-9-13(2,3)11(18)16-4/h10H,5-9,15H2,1-4H3,(H,16,18)(H,17,19). The fourth-order valence-corrected chi connectivity index (χ4v) is 2.69. The molecule has 0 heterocycles. The van der Waals surface area contributed by atoms with E-state index in [0.29, 0.717) is 12.5 Å². The molecule has 0 radical (unpaired) electrons. The number of carbonyl (C=O) groups is 2. The van der Waals surface area contributed by atoms with Crippen LogP contribution >= 0.6 is 0 Å². The summed E-state index contributed by atoms with van der Waals surface area (Å²) < 4.78 is 0. The first-order valence-corrected chi connectivity index (χ1v) is 7.00. The van der Waals surface area contributed by atoms with Crippen LogP contribution in [0.4, 0.5) is 0 Å². The zero-order valence-electron chi connectivity index (χ0n) is 12.5. The van der Waals surface area contributed by atoms with E-state index in [2.05, 4.69) is 17.6 Å². The molecule has 0 aromatic heterocycles. The van der Waals surface area contributed by atoms with Crippen LogP contribution in [0.3, 0.4) is 0 Å². The van der Waals surface area contributed by atoms with E-state index in [1.54, 1.807) is 20.9 Å². The summed E-state index contributed by atoms with van der Waals surface area (Å²) in [6, 6.07) is 0. The molecule has 110 valence electrons. The molecule has 2 amide bonds. The van der Waals surface area contributed by atoms with Gasteiger partial charge in [0.1, 0.15) is 0 Å². The molecule has 5 heteroatoms. The molecule has 1 fully saturated rings. The zero-order valence-corrected chi connectivity index (χ0v) is 12.5. The van der Waals surface area contributed by atoms with Gasteiger partial charge >= 0.3 is 0 Å². The van der Waals surface area contributed by atoms with Crippen molar-refractivity contribution < 1.29 is 9.59 Å². The van der Waals surface area contributed by atoms with E-state index < -0.39 is 11.0 Å². The number of nitrogens with one attached hydrogen (secondary N) is 2. The van der Waals surface area contributed by atoms with Crippen LogP contribution in [0.15, 0.2) is 0 Å². The fourth-order valence-electron chi connectivity index (χ4n) is 2.69. The maximum Gasteiger partial charge on any atom is 0.240 e. The molecule has 5 nitrogen and oxygen atoms in total. The van der Waals surface area contributed by atoms with Gasteiger partial charge in [0, 0.05) is 13.6 Å². The van der Waals surface area contributed by atoms with Crippen LogP contribution in [0.25, 0.3) is 0 Å². The Hall–Kier alpha value is -1.10. The van der Waals surface area contributed by atoms with Crippen molar-refractivity contribution in [1.82, 2.24) is 10.6 Å². The Bertz CT molecular complexity index is 355. The number of hydrogen-bond donors (Lipinski definition) is 3. The lowest BCUT2D eigenvalue weighted by Crippen LogP contribution is -2.58. The number of hydrogen-bond acceptors (Lipinski definition) is 3. The molecule has 1 aliphatic carbocycles. The molecule has 2 atom stereocenters. The maximum atomic E-state index is 12.3. The van der Waals surface area contributed by atoms with Gasteiger partial charge in [-0.2, -0.15) is 0 Å². The Morgan fingerprint density at radius 2 is 2.05 bits per heavy atom. The van der Waals surface area contributed by atoms with Gasteiger partial charge in [0.2, 0.25) is 11.8 Å². The lowest BCUT2D eigenvalue weighted by molar-refractivity contribution is -0.131. The quantitative estimate of drug-likeness (QED) is 0.705. The summed E-state index contributed by atoms with van der Waals surface area (Å²) >= 11 is 0. The van der Waals surface area contributed by atoms with Crippen LogP contribution in [0.5, 0.6) is 0 Å². The highest BCUT2D eigenvalue weighted by atomic mass is 16.2. The Labute approximate surface area is 115 Å². The molecule has 1 saturated carbocycles. The molecular formula is C14H27N3O2. The molecule has 0 bridgehead atoms. The SMILES string of the molecule is CNC(=O)C(C)(C)CNC(=O)C1(N)CCCC(C)C1. The molecule has 0 aromatic carbocycles. The number of nitrogens with two attached hydrogens (primary N) is 1. The van der Waals surface area contributed by atoms with Crippen LogP contribution in [0, 0.1) is 11.3 Å². The van der Waals surface area contributed by atoms with E-state index >= 15 is 0 Å². The van der Waals surface area contributed by atoms with Crippen molar-refractivity contribution in [3.63, 3.8) is 0 Å². The summed E-state index contributed by atoms with van der Waals surface area (Å²) in [6.07, 6.45) is 3.57. The largest absolute Gasteiger partial charge is 0.359 e. The molecule has 4 N–H and O–H groups in total. The Morgan fingerprint density at radius 3 is 2.58 bits per heavy atom. The van der Waals surface area contributed by atoms with Gasteiger partial charge in [0.15, 0.2) is 0 Å². The van der Waals surface area contributed by atoms with Crippen molar-refractivity contribution >= 4 is 11.8 Å². The Balaban J connectivity index is 2.57. The van der Waals surface area contributed by atoms with Crippen molar-refractivity contribution in [3.8, 4) is 0 Å². The molecule has 0 aromatic rings. The normalized spacial score (nSPS) is 27.7. The lowest BCUT2D eigenvalue weighted by Gasteiger charge is -2.36. The third-order valence-corrected chi connectivity index (χ3v) is 4.02. The van der Waals surface area contributed by atoms with Crippen molar-refractivity contribution in [2.75, 3.05) is 13.6 Å². The van der Waals surface area contributed by atoms with E-state index in [9.17, 15) is 9.59 Å². The number of amides is 2. The highest BCUT2D eigenvalue weighted by Crippen LogP contribution is 2.30. The van der Waals surface area contributed by atoms with Gasteiger partial charge in [0.05, 0.1) is 11.0 Å². The summed E-state index contributed by atoms with van der Waals surface area (Å²) in [6.45, 7) is 6.04. The van der Waals surface area contributed by atoms with Gasteiger partial charge in [-0.1, -0.05) is 19.8 Å². The third kappa shape index (κ3) is 3.93. The highest BCUT2D eigenvalue weighted by Gasteiger charge is 2.39. The molecule has 1 rings (SSSR count). The van der Waals surface area contributed by atoms with E-state index in [1.807, 2.05) is 0 Å². The Morgan fingerprint density at radius 1 is 1.42 bits per heavy atom. The van der Waals surface area contributed by atoms with Gasteiger partial charge < -0.3 is 16.4 Å². The van der Waals surface area contributed by atoms with Crippen LogP contribution in [-0.4, -0.2) is 30.9 Å². The van der Waals surface area contributed by atoms with Gasteiger partial charge in [-0.15, -0.1) is 0 Å². The first-order valence-electron chi connectivity index (χ1n) is 7.00. The third-order valence-electron chi connectivity index (χ3n) is 4.02. The lowest BCUT2D eigenvalue weighted by atomic mass is 9.76. The Kier molecular flexibility index (Phi) is 4.96. The minimum absolute atomic E-state index is 0.0871. The second-order valence-electron chi connectivity index (χ2n) is 6.50. The van der Waals surface area contributed by atoms with Gasteiger partial charge in [-0.05, 0) is 32.6 Å². The average Bonchev–Trinajstić information content (AvgIpc) is 2.34. The predicted molar refractivity (Wildman–Crippen MR) is 75.4 cm³/mol. The fraction of sp³-hybridized carbons (Fsp3) is 0.857. The summed E-state index contributed by atoms with van der Waals surface area (Å²) in [5.41, 5.74) is 4.83. The van der Waals surface area contributed by atoms with Gasteiger partial charge in [0.25, 0.3) is 0 Å². The smallest absolute Gasteiger partial charge is 0.240 e. The molecule has 2 unspecified atom stereocenters. The van der Waals surface area contributed by atoms with E-state index in [4.69, 9.17) is 5.73 Å². The molecule has 0 saturated heterocycles. The summed E-state index contributed by atoms with van der Waals surface area (Å²) in [7, 11) is 1.60. The topological polar surface area (TPSA) is 84.2 Å². The molecule has 0 aliphatic heterocycles. The van der Waals surface area contributed by atoms with Gasteiger partial charge in [-0.25, -0.2) is 0 Å². The zero-order chi connectivity index (χ0) is 14.7. The van der Waals surface area contributed by atoms with Gasteiger partial charge in [-0.3, -0.25) is 9.59 Å².